The zero-order valence-electron chi connectivity index (χ0n) is 10.3. The fraction of sp³-hybridized carbons (Fsp3) is 0.0769. The lowest BCUT2D eigenvalue weighted by atomic mass is 10.2. The number of benzene rings is 2. The van der Waals surface area contributed by atoms with E-state index in [1.54, 1.807) is 24.3 Å². The van der Waals surface area contributed by atoms with Crippen LogP contribution in [0.1, 0.15) is 5.56 Å². The first-order chi connectivity index (χ1) is 9.44. The SMILES string of the molecule is NCc1ccccc1NS(=O)(=O)c1ccc(F)c(Cl)c1. The van der Waals surface area contributed by atoms with Gasteiger partial charge >= 0.3 is 0 Å². The van der Waals surface area contributed by atoms with E-state index in [0.29, 0.717) is 11.3 Å². The summed E-state index contributed by atoms with van der Waals surface area (Å²) in [6.45, 7) is 0.197. The van der Waals surface area contributed by atoms with Crippen molar-refractivity contribution < 1.29 is 12.8 Å². The summed E-state index contributed by atoms with van der Waals surface area (Å²) in [7, 11) is -3.84. The van der Waals surface area contributed by atoms with Crippen LogP contribution in [0.5, 0.6) is 0 Å². The van der Waals surface area contributed by atoms with E-state index in [2.05, 4.69) is 4.72 Å². The Balaban J connectivity index is 2.38. The summed E-state index contributed by atoms with van der Waals surface area (Å²) < 4.78 is 39.9. The topological polar surface area (TPSA) is 72.2 Å². The van der Waals surface area contributed by atoms with Gasteiger partial charge in [-0.25, -0.2) is 12.8 Å². The van der Waals surface area contributed by atoms with E-state index >= 15 is 0 Å². The second-order valence-corrected chi connectivity index (χ2v) is 6.13. The van der Waals surface area contributed by atoms with Gasteiger partial charge in [-0.05, 0) is 29.8 Å². The monoisotopic (exact) mass is 314 g/mol. The average molecular weight is 315 g/mol. The fourth-order valence-corrected chi connectivity index (χ4v) is 3.02. The van der Waals surface area contributed by atoms with Gasteiger partial charge in [0.15, 0.2) is 0 Å². The lowest BCUT2D eigenvalue weighted by Gasteiger charge is -2.11. The summed E-state index contributed by atoms with van der Waals surface area (Å²) in [4.78, 5) is -0.115. The molecule has 0 bridgehead atoms. The summed E-state index contributed by atoms with van der Waals surface area (Å²) in [5.41, 5.74) is 6.59. The van der Waals surface area contributed by atoms with E-state index in [9.17, 15) is 12.8 Å². The highest BCUT2D eigenvalue weighted by molar-refractivity contribution is 7.92. The van der Waals surface area contributed by atoms with Crippen LogP contribution >= 0.6 is 11.6 Å². The molecular formula is C13H12ClFN2O2S. The predicted octanol–water partition coefficient (Wildman–Crippen LogP) is 2.74. The van der Waals surface area contributed by atoms with Gasteiger partial charge in [-0.3, -0.25) is 4.72 Å². The number of para-hydroxylation sites is 1. The Kier molecular flexibility index (Phi) is 4.27. The third-order valence-corrected chi connectivity index (χ3v) is 4.34. The molecule has 4 nitrogen and oxygen atoms in total. The van der Waals surface area contributed by atoms with Crippen LogP contribution in [0, 0.1) is 5.82 Å². The second-order valence-electron chi connectivity index (χ2n) is 4.04. The van der Waals surface area contributed by atoms with E-state index < -0.39 is 15.8 Å². The molecule has 0 spiro atoms. The molecule has 0 aromatic heterocycles. The molecule has 2 rings (SSSR count). The molecular weight excluding hydrogens is 303 g/mol. The Labute approximate surface area is 121 Å². The molecule has 0 unspecified atom stereocenters. The van der Waals surface area contributed by atoms with Crippen LogP contribution < -0.4 is 10.5 Å². The van der Waals surface area contributed by atoms with Gasteiger partial charge in [-0.15, -0.1) is 0 Å². The van der Waals surface area contributed by atoms with Crippen LogP contribution in [0.4, 0.5) is 10.1 Å². The molecule has 0 aliphatic carbocycles. The normalized spacial score (nSPS) is 11.3. The highest BCUT2D eigenvalue weighted by Crippen LogP contribution is 2.23. The van der Waals surface area contributed by atoms with E-state index in [4.69, 9.17) is 17.3 Å². The maximum absolute atomic E-state index is 13.1. The summed E-state index contributed by atoms with van der Waals surface area (Å²) in [6, 6.07) is 9.98. The molecule has 0 radical (unpaired) electrons. The zero-order chi connectivity index (χ0) is 14.8. The lowest BCUT2D eigenvalue weighted by molar-refractivity contribution is 0.599. The molecule has 106 valence electrons. The number of hydrogen-bond acceptors (Lipinski definition) is 3. The number of halogens is 2. The van der Waals surface area contributed by atoms with E-state index in [1.165, 1.54) is 0 Å². The molecule has 0 saturated carbocycles. The second kappa shape index (κ2) is 5.78. The Morgan fingerprint density at radius 3 is 2.55 bits per heavy atom. The largest absolute Gasteiger partial charge is 0.326 e. The fourth-order valence-electron chi connectivity index (χ4n) is 1.65. The molecule has 3 N–H and O–H groups in total. The molecule has 0 saturated heterocycles. The molecule has 20 heavy (non-hydrogen) atoms. The van der Waals surface area contributed by atoms with Crippen molar-refractivity contribution in [2.24, 2.45) is 5.73 Å². The third-order valence-electron chi connectivity index (χ3n) is 2.68. The van der Waals surface area contributed by atoms with Crippen molar-refractivity contribution in [3.8, 4) is 0 Å². The maximum atomic E-state index is 13.1. The molecule has 0 atom stereocenters. The molecule has 0 heterocycles. The van der Waals surface area contributed by atoms with Crippen molar-refractivity contribution in [2.45, 2.75) is 11.4 Å². The first kappa shape index (κ1) is 14.8. The number of sulfonamides is 1. The van der Waals surface area contributed by atoms with Gasteiger partial charge in [-0.2, -0.15) is 0 Å². The van der Waals surface area contributed by atoms with Crippen LogP contribution in [-0.2, 0) is 16.6 Å². The van der Waals surface area contributed by atoms with Crippen LogP contribution in [0.2, 0.25) is 5.02 Å². The summed E-state index contributed by atoms with van der Waals surface area (Å²) in [6.07, 6.45) is 0. The molecule has 0 fully saturated rings. The lowest BCUT2D eigenvalue weighted by Crippen LogP contribution is -2.15. The number of nitrogens with two attached hydrogens (primary N) is 1. The minimum atomic E-state index is -3.84. The van der Waals surface area contributed by atoms with Gasteiger partial charge in [0.1, 0.15) is 5.82 Å². The number of rotatable bonds is 4. The van der Waals surface area contributed by atoms with Gasteiger partial charge in [0, 0.05) is 6.54 Å². The van der Waals surface area contributed by atoms with Crippen molar-refractivity contribution in [2.75, 3.05) is 4.72 Å². The van der Waals surface area contributed by atoms with Crippen molar-refractivity contribution in [1.82, 2.24) is 0 Å². The van der Waals surface area contributed by atoms with Crippen molar-refractivity contribution in [1.29, 1.82) is 0 Å². The van der Waals surface area contributed by atoms with Crippen LogP contribution in [-0.4, -0.2) is 8.42 Å². The Hall–Kier alpha value is -1.63. The predicted molar refractivity (Wildman–Crippen MR) is 76.6 cm³/mol. The minimum Gasteiger partial charge on any atom is -0.326 e. The van der Waals surface area contributed by atoms with Gasteiger partial charge in [0.05, 0.1) is 15.6 Å². The van der Waals surface area contributed by atoms with Crippen molar-refractivity contribution >= 4 is 27.3 Å². The van der Waals surface area contributed by atoms with Gasteiger partial charge < -0.3 is 5.73 Å². The van der Waals surface area contributed by atoms with Crippen molar-refractivity contribution in [3.05, 3.63) is 58.9 Å². The molecule has 0 amide bonds. The highest BCUT2D eigenvalue weighted by Gasteiger charge is 2.17. The molecule has 2 aromatic rings. The smallest absolute Gasteiger partial charge is 0.261 e. The Morgan fingerprint density at radius 2 is 1.90 bits per heavy atom. The van der Waals surface area contributed by atoms with E-state index in [-0.39, 0.29) is 16.5 Å². The van der Waals surface area contributed by atoms with Crippen LogP contribution in [0.15, 0.2) is 47.4 Å². The van der Waals surface area contributed by atoms with Gasteiger partial charge in [0.25, 0.3) is 10.0 Å². The van der Waals surface area contributed by atoms with E-state index in [1.807, 2.05) is 0 Å². The van der Waals surface area contributed by atoms with Gasteiger partial charge in [0.2, 0.25) is 0 Å². The van der Waals surface area contributed by atoms with E-state index in [0.717, 1.165) is 18.2 Å². The first-order valence-electron chi connectivity index (χ1n) is 5.70. The summed E-state index contributed by atoms with van der Waals surface area (Å²) in [5, 5.41) is -0.250. The summed E-state index contributed by atoms with van der Waals surface area (Å²) in [5.74, 6) is -0.673. The van der Waals surface area contributed by atoms with Crippen molar-refractivity contribution in [3.63, 3.8) is 0 Å². The number of anilines is 1. The van der Waals surface area contributed by atoms with Crippen LogP contribution in [0.3, 0.4) is 0 Å². The number of hydrogen-bond donors (Lipinski definition) is 2. The Bertz CT molecular complexity index is 735. The highest BCUT2D eigenvalue weighted by atomic mass is 35.5. The molecule has 7 heteroatoms. The quantitative estimate of drug-likeness (QED) is 0.911. The first-order valence-corrected chi connectivity index (χ1v) is 7.56. The zero-order valence-corrected chi connectivity index (χ0v) is 11.9. The standard InChI is InChI=1S/C13H12ClFN2O2S/c14-11-7-10(5-6-12(11)15)20(18,19)17-13-4-2-1-3-9(13)8-16/h1-7,17H,8,16H2. The van der Waals surface area contributed by atoms with Gasteiger partial charge in [-0.1, -0.05) is 29.8 Å². The summed E-state index contributed by atoms with van der Waals surface area (Å²) >= 11 is 5.59. The maximum Gasteiger partial charge on any atom is 0.261 e. The Morgan fingerprint density at radius 1 is 1.20 bits per heavy atom. The molecule has 0 aliphatic heterocycles. The van der Waals surface area contributed by atoms with Crippen LogP contribution in [0.25, 0.3) is 0 Å². The molecule has 2 aromatic carbocycles. The third kappa shape index (κ3) is 3.09. The minimum absolute atomic E-state index is 0.115. The average Bonchev–Trinajstić information content (AvgIpc) is 2.42. The molecule has 0 aliphatic rings. The number of nitrogens with one attached hydrogen (secondary N) is 1.